The molecular weight excluding hydrogens is 264 g/mol. The van der Waals surface area contributed by atoms with Gasteiger partial charge >= 0.3 is 6.09 Å². The maximum atomic E-state index is 12.2. The summed E-state index contributed by atoms with van der Waals surface area (Å²) in [4.78, 5) is 17.8. The van der Waals surface area contributed by atoms with E-state index in [1.165, 1.54) is 4.90 Å². The molecule has 1 amide bonds. The van der Waals surface area contributed by atoms with E-state index in [1.807, 2.05) is 42.5 Å². The summed E-state index contributed by atoms with van der Waals surface area (Å²) in [5.41, 5.74) is 0.788. The van der Waals surface area contributed by atoms with E-state index in [0.29, 0.717) is 5.75 Å². The fourth-order valence-corrected chi connectivity index (χ4v) is 2.15. The van der Waals surface area contributed by atoms with Crippen LogP contribution in [0.2, 0.25) is 0 Å². The number of hydrogen-bond acceptors (Lipinski definition) is 3. The molecule has 4 nitrogen and oxygen atoms in total. The molecule has 1 aromatic heterocycles. The standard InChI is InChI=1S/C17H14N2O2/c1-19(17(20)21-14-7-3-2-4-8-14)16-9-5-6-13-12-18-11-10-15(13)16/h2-12H,1H3. The summed E-state index contributed by atoms with van der Waals surface area (Å²) in [6.45, 7) is 0. The van der Waals surface area contributed by atoms with Gasteiger partial charge in [-0.1, -0.05) is 30.3 Å². The fourth-order valence-electron chi connectivity index (χ4n) is 2.15. The van der Waals surface area contributed by atoms with Gasteiger partial charge in [-0.25, -0.2) is 4.79 Å². The highest BCUT2D eigenvalue weighted by atomic mass is 16.6. The third-order valence-corrected chi connectivity index (χ3v) is 3.24. The van der Waals surface area contributed by atoms with Crippen molar-refractivity contribution in [3.8, 4) is 5.75 Å². The number of para-hydroxylation sites is 1. The molecule has 2 aromatic carbocycles. The van der Waals surface area contributed by atoms with Crippen molar-refractivity contribution < 1.29 is 9.53 Å². The largest absolute Gasteiger partial charge is 0.419 e. The van der Waals surface area contributed by atoms with Crippen molar-refractivity contribution in [2.45, 2.75) is 0 Å². The van der Waals surface area contributed by atoms with E-state index < -0.39 is 6.09 Å². The van der Waals surface area contributed by atoms with Gasteiger partial charge in [0.2, 0.25) is 0 Å². The number of hydrogen-bond donors (Lipinski definition) is 0. The van der Waals surface area contributed by atoms with E-state index >= 15 is 0 Å². The van der Waals surface area contributed by atoms with Gasteiger partial charge in [0.1, 0.15) is 5.75 Å². The Bertz CT molecular complexity index is 767. The average Bonchev–Trinajstić information content (AvgIpc) is 2.54. The summed E-state index contributed by atoms with van der Waals surface area (Å²) in [6, 6.07) is 16.6. The molecule has 0 aliphatic carbocycles. The zero-order chi connectivity index (χ0) is 14.7. The third kappa shape index (κ3) is 2.69. The van der Waals surface area contributed by atoms with Crippen molar-refractivity contribution in [1.82, 2.24) is 4.98 Å². The lowest BCUT2D eigenvalue weighted by molar-refractivity contribution is 0.209. The minimum Gasteiger partial charge on any atom is -0.410 e. The van der Waals surface area contributed by atoms with Crippen LogP contribution >= 0.6 is 0 Å². The Morgan fingerprint density at radius 2 is 1.86 bits per heavy atom. The molecular formula is C17H14N2O2. The Balaban J connectivity index is 1.90. The van der Waals surface area contributed by atoms with Gasteiger partial charge in [0.15, 0.2) is 0 Å². The average molecular weight is 278 g/mol. The lowest BCUT2D eigenvalue weighted by atomic mass is 10.1. The highest BCUT2D eigenvalue weighted by molar-refractivity contribution is 6.01. The van der Waals surface area contributed by atoms with Crippen LogP contribution in [0.25, 0.3) is 10.8 Å². The van der Waals surface area contributed by atoms with E-state index in [2.05, 4.69) is 4.98 Å². The molecule has 21 heavy (non-hydrogen) atoms. The van der Waals surface area contributed by atoms with E-state index in [4.69, 9.17) is 4.74 Å². The lowest BCUT2D eigenvalue weighted by Crippen LogP contribution is -2.29. The van der Waals surface area contributed by atoms with Crippen molar-refractivity contribution in [2.24, 2.45) is 0 Å². The van der Waals surface area contributed by atoms with Gasteiger partial charge in [-0.3, -0.25) is 9.88 Å². The number of carbonyl (C=O) groups is 1. The van der Waals surface area contributed by atoms with Crippen molar-refractivity contribution in [3.05, 3.63) is 67.0 Å². The predicted molar refractivity (Wildman–Crippen MR) is 82.6 cm³/mol. The van der Waals surface area contributed by atoms with E-state index in [-0.39, 0.29) is 0 Å². The summed E-state index contributed by atoms with van der Waals surface area (Å²) >= 11 is 0. The zero-order valence-corrected chi connectivity index (χ0v) is 11.6. The van der Waals surface area contributed by atoms with Gasteiger partial charge in [0.05, 0.1) is 5.69 Å². The van der Waals surface area contributed by atoms with Crippen LogP contribution in [0, 0.1) is 0 Å². The second-order valence-corrected chi connectivity index (χ2v) is 4.61. The molecule has 0 atom stereocenters. The van der Waals surface area contributed by atoms with Gasteiger partial charge < -0.3 is 4.74 Å². The zero-order valence-electron chi connectivity index (χ0n) is 11.6. The summed E-state index contributed by atoms with van der Waals surface area (Å²) in [7, 11) is 1.69. The molecule has 3 rings (SSSR count). The van der Waals surface area contributed by atoms with Gasteiger partial charge in [-0.2, -0.15) is 0 Å². The highest BCUT2D eigenvalue weighted by Gasteiger charge is 2.15. The highest BCUT2D eigenvalue weighted by Crippen LogP contribution is 2.25. The molecule has 0 aliphatic rings. The van der Waals surface area contributed by atoms with Crippen molar-refractivity contribution in [2.75, 3.05) is 11.9 Å². The summed E-state index contributed by atoms with van der Waals surface area (Å²) < 4.78 is 5.35. The molecule has 3 aromatic rings. The van der Waals surface area contributed by atoms with Crippen LogP contribution in [0.1, 0.15) is 0 Å². The Hall–Kier alpha value is -2.88. The topological polar surface area (TPSA) is 42.4 Å². The van der Waals surface area contributed by atoms with Crippen LogP contribution in [-0.4, -0.2) is 18.1 Å². The van der Waals surface area contributed by atoms with Crippen LogP contribution in [-0.2, 0) is 0 Å². The second-order valence-electron chi connectivity index (χ2n) is 4.61. The predicted octanol–water partition coefficient (Wildman–Crippen LogP) is 3.87. The minimum absolute atomic E-state index is 0.425. The molecule has 0 bridgehead atoms. The van der Waals surface area contributed by atoms with Gasteiger partial charge in [-0.15, -0.1) is 0 Å². The summed E-state index contributed by atoms with van der Waals surface area (Å²) in [5.74, 6) is 0.524. The molecule has 104 valence electrons. The van der Waals surface area contributed by atoms with Crippen molar-refractivity contribution in [1.29, 1.82) is 0 Å². The number of amides is 1. The molecule has 1 heterocycles. The molecule has 4 heteroatoms. The lowest BCUT2D eigenvalue weighted by Gasteiger charge is -2.18. The van der Waals surface area contributed by atoms with Crippen LogP contribution in [0.15, 0.2) is 67.0 Å². The number of fused-ring (bicyclic) bond motifs is 1. The molecule has 0 saturated carbocycles. The maximum Gasteiger partial charge on any atom is 0.419 e. The van der Waals surface area contributed by atoms with Gasteiger partial charge in [0.25, 0.3) is 0 Å². The quantitative estimate of drug-likeness (QED) is 0.714. The SMILES string of the molecule is CN(C(=O)Oc1ccccc1)c1cccc2cnccc12. The monoisotopic (exact) mass is 278 g/mol. The van der Waals surface area contributed by atoms with Crippen LogP contribution in [0.4, 0.5) is 10.5 Å². The Kier molecular flexibility index (Phi) is 3.51. The van der Waals surface area contributed by atoms with E-state index in [0.717, 1.165) is 16.5 Å². The molecule has 0 aliphatic heterocycles. The first-order valence-corrected chi connectivity index (χ1v) is 6.59. The summed E-state index contributed by atoms with van der Waals surface area (Å²) in [5, 5.41) is 1.94. The number of nitrogens with zero attached hydrogens (tertiary/aromatic N) is 2. The number of aromatic nitrogens is 1. The number of ether oxygens (including phenoxy) is 1. The second kappa shape index (κ2) is 5.63. The number of carbonyl (C=O) groups excluding carboxylic acids is 1. The Morgan fingerprint density at radius 3 is 2.67 bits per heavy atom. The number of rotatable bonds is 2. The molecule has 0 unspecified atom stereocenters. The number of pyridine rings is 1. The molecule has 0 N–H and O–H groups in total. The van der Waals surface area contributed by atoms with Crippen LogP contribution in [0.5, 0.6) is 5.75 Å². The minimum atomic E-state index is -0.425. The first-order chi connectivity index (χ1) is 10.3. The first-order valence-electron chi connectivity index (χ1n) is 6.59. The summed E-state index contributed by atoms with van der Waals surface area (Å²) in [6.07, 6.45) is 3.06. The van der Waals surface area contributed by atoms with Gasteiger partial charge in [-0.05, 0) is 24.3 Å². The third-order valence-electron chi connectivity index (χ3n) is 3.24. The van der Waals surface area contributed by atoms with Crippen molar-refractivity contribution in [3.63, 3.8) is 0 Å². The molecule has 0 fully saturated rings. The Morgan fingerprint density at radius 1 is 1.05 bits per heavy atom. The van der Waals surface area contributed by atoms with Crippen LogP contribution in [0.3, 0.4) is 0 Å². The molecule has 0 saturated heterocycles. The smallest absolute Gasteiger partial charge is 0.410 e. The number of benzene rings is 2. The normalized spacial score (nSPS) is 10.3. The maximum absolute atomic E-state index is 12.2. The first kappa shape index (κ1) is 13.1. The van der Waals surface area contributed by atoms with Gasteiger partial charge in [0, 0.05) is 30.2 Å². The number of anilines is 1. The molecule has 0 radical (unpaired) electrons. The van der Waals surface area contributed by atoms with E-state index in [9.17, 15) is 4.79 Å². The fraction of sp³-hybridized carbons (Fsp3) is 0.0588. The van der Waals surface area contributed by atoms with Crippen molar-refractivity contribution >= 4 is 22.6 Å². The molecule has 0 spiro atoms. The Labute approximate surface area is 122 Å². The van der Waals surface area contributed by atoms with Crippen LogP contribution < -0.4 is 9.64 Å². The van der Waals surface area contributed by atoms with E-state index in [1.54, 1.807) is 31.6 Å².